The van der Waals surface area contributed by atoms with Crippen molar-refractivity contribution in [2.24, 2.45) is 0 Å². The maximum absolute atomic E-state index is 13.3. The zero-order valence-corrected chi connectivity index (χ0v) is 10.4. The highest BCUT2D eigenvalue weighted by Crippen LogP contribution is 2.23. The monoisotopic (exact) mass is 293 g/mol. The van der Waals surface area contributed by atoms with Crippen molar-refractivity contribution >= 4 is 27.4 Å². The Balaban J connectivity index is 2.44. The fourth-order valence-corrected chi connectivity index (χ4v) is 1.91. The van der Waals surface area contributed by atoms with Crippen molar-refractivity contribution < 1.29 is 9.18 Å². The van der Waals surface area contributed by atoms with Gasteiger partial charge in [0, 0.05) is 16.8 Å². The first-order valence-electron chi connectivity index (χ1n) is 4.94. The molecule has 0 saturated carbocycles. The first kappa shape index (κ1) is 11.8. The Morgan fingerprint density at radius 2 is 1.76 bits per heavy atom. The summed E-state index contributed by atoms with van der Waals surface area (Å²) in [7, 11) is 0. The lowest BCUT2D eigenvalue weighted by Gasteiger charge is -2.04. The minimum Gasteiger partial charge on any atom is -0.399 e. The van der Waals surface area contributed by atoms with E-state index in [1.165, 1.54) is 12.1 Å². The van der Waals surface area contributed by atoms with Crippen LogP contribution in [0.25, 0.3) is 0 Å². The third-order valence-corrected chi connectivity index (χ3v) is 3.18. The number of benzene rings is 2. The van der Waals surface area contributed by atoms with Gasteiger partial charge in [0.15, 0.2) is 5.78 Å². The summed E-state index contributed by atoms with van der Waals surface area (Å²) in [5, 5.41) is 0. The Morgan fingerprint density at radius 1 is 1.12 bits per heavy atom. The standard InChI is InChI=1S/C13H9BrFNO/c14-12-10(2-1-3-11(12)15)13(17)8-4-6-9(16)7-5-8/h1-7H,16H2. The summed E-state index contributed by atoms with van der Waals surface area (Å²) in [5.41, 5.74) is 6.90. The van der Waals surface area contributed by atoms with Gasteiger partial charge in [0.2, 0.25) is 0 Å². The van der Waals surface area contributed by atoms with Crippen molar-refractivity contribution in [3.63, 3.8) is 0 Å². The van der Waals surface area contributed by atoms with Crippen LogP contribution in [0.5, 0.6) is 0 Å². The van der Waals surface area contributed by atoms with Crippen LogP contribution in [0.15, 0.2) is 46.9 Å². The number of carbonyl (C=O) groups is 1. The first-order valence-corrected chi connectivity index (χ1v) is 5.73. The van der Waals surface area contributed by atoms with Crippen LogP contribution >= 0.6 is 15.9 Å². The van der Waals surface area contributed by atoms with E-state index in [4.69, 9.17) is 5.73 Å². The SMILES string of the molecule is Nc1ccc(C(=O)c2cccc(F)c2Br)cc1. The highest BCUT2D eigenvalue weighted by atomic mass is 79.9. The molecule has 17 heavy (non-hydrogen) atoms. The Kier molecular flexibility index (Phi) is 3.24. The molecule has 0 aliphatic carbocycles. The highest BCUT2D eigenvalue weighted by molar-refractivity contribution is 9.10. The fourth-order valence-electron chi connectivity index (χ4n) is 1.47. The summed E-state index contributed by atoms with van der Waals surface area (Å²) in [5.74, 6) is -0.692. The Labute approximate surface area is 106 Å². The normalized spacial score (nSPS) is 10.2. The molecule has 86 valence electrons. The van der Waals surface area contributed by atoms with Crippen LogP contribution in [0.4, 0.5) is 10.1 Å². The second kappa shape index (κ2) is 4.67. The molecule has 4 heteroatoms. The average molecular weight is 294 g/mol. The van der Waals surface area contributed by atoms with Crippen LogP contribution in [0.1, 0.15) is 15.9 Å². The first-order chi connectivity index (χ1) is 8.09. The second-order valence-electron chi connectivity index (χ2n) is 3.55. The quantitative estimate of drug-likeness (QED) is 0.681. The molecule has 0 aromatic heterocycles. The number of nitrogen functional groups attached to an aromatic ring is 1. The van der Waals surface area contributed by atoms with Crippen LogP contribution in [0.2, 0.25) is 0 Å². The van der Waals surface area contributed by atoms with Crippen LogP contribution < -0.4 is 5.73 Å². The predicted molar refractivity (Wildman–Crippen MR) is 68.4 cm³/mol. The molecule has 0 bridgehead atoms. The number of anilines is 1. The Hall–Kier alpha value is -1.68. The van der Waals surface area contributed by atoms with Crippen molar-refractivity contribution in [3.05, 3.63) is 63.9 Å². The molecule has 2 aromatic carbocycles. The Morgan fingerprint density at radius 3 is 2.41 bits per heavy atom. The number of hydrogen-bond acceptors (Lipinski definition) is 2. The van der Waals surface area contributed by atoms with E-state index in [-0.39, 0.29) is 10.3 Å². The minimum absolute atomic E-state index is 0.182. The Bertz CT molecular complexity index is 566. The van der Waals surface area contributed by atoms with Crippen molar-refractivity contribution in [2.45, 2.75) is 0 Å². The molecule has 0 aliphatic rings. The van der Waals surface area contributed by atoms with Crippen molar-refractivity contribution in [1.29, 1.82) is 0 Å². The molecule has 0 radical (unpaired) electrons. The van der Waals surface area contributed by atoms with Crippen LogP contribution in [-0.4, -0.2) is 5.78 Å². The average Bonchev–Trinajstić information content (AvgIpc) is 2.33. The molecule has 0 amide bonds. The number of nitrogens with two attached hydrogens (primary N) is 1. The zero-order valence-electron chi connectivity index (χ0n) is 8.78. The molecular weight excluding hydrogens is 285 g/mol. The van der Waals surface area contributed by atoms with E-state index in [2.05, 4.69) is 15.9 Å². The van der Waals surface area contributed by atoms with Gasteiger partial charge in [0.1, 0.15) is 5.82 Å². The maximum atomic E-state index is 13.3. The van der Waals surface area contributed by atoms with Gasteiger partial charge in [0.25, 0.3) is 0 Å². The number of hydrogen-bond donors (Lipinski definition) is 1. The van der Waals surface area contributed by atoms with Gasteiger partial charge in [0.05, 0.1) is 4.47 Å². The molecule has 0 saturated heterocycles. The molecule has 2 aromatic rings. The molecule has 0 aliphatic heterocycles. The number of ketones is 1. The maximum Gasteiger partial charge on any atom is 0.194 e. The molecule has 0 atom stereocenters. The number of halogens is 2. The van der Waals surface area contributed by atoms with Gasteiger partial charge >= 0.3 is 0 Å². The lowest BCUT2D eigenvalue weighted by Crippen LogP contribution is -2.03. The lowest BCUT2D eigenvalue weighted by atomic mass is 10.0. The van der Waals surface area contributed by atoms with E-state index in [0.29, 0.717) is 16.8 Å². The molecule has 0 unspecified atom stereocenters. The summed E-state index contributed by atoms with van der Waals surface area (Å²) in [4.78, 5) is 12.1. The van der Waals surface area contributed by atoms with Crippen molar-refractivity contribution in [1.82, 2.24) is 0 Å². The van der Waals surface area contributed by atoms with E-state index in [0.717, 1.165) is 0 Å². The number of rotatable bonds is 2. The molecule has 2 nitrogen and oxygen atoms in total. The summed E-state index contributed by atoms with van der Waals surface area (Å²) in [6, 6.07) is 10.9. The molecule has 2 N–H and O–H groups in total. The van der Waals surface area contributed by atoms with Crippen LogP contribution in [0.3, 0.4) is 0 Å². The lowest BCUT2D eigenvalue weighted by molar-refractivity contribution is 0.103. The van der Waals surface area contributed by atoms with Gasteiger partial charge in [-0.25, -0.2) is 4.39 Å². The molecule has 0 fully saturated rings. The summed E-state index contributed by atoms with van der Waals surface area (Å²) < 4.78 is 13.5. The third kappa shape index (κ3) is 2.36. The van der Waals surface area contributed by atoms with E-state index in [9.17, 15) is 9.18 Å². The molecule has 0 spiro atoms. The van der Waals surface area contributed by atoms with E-state index < -0.39 is 5.82 Å². The highest BCUT2D eigenvalue weighted by Gasteiger charge is 2.14. The van der Waals surface area contributed by atoms with Gasteiger partial charge in [-0.3, -0.25) is 4.79 Å². The van der Waals surface area contributed by atoms with Crippen molar-refractivity contribution in [3.8, 4) is 0 Å². The molecule has 0 heterocycles. The van der Waals surface area contributed by atoms with Gasteiger partial charge in [-0.15, -0.1) is 0 Å². The summed E-state index contributed by atoms with van der Waals surface area (Å²) >= 11 is 3.07. The molecule has 2 rings (SSSR count). The predicted octanol–water partition coefficient (Wildman–Crippen LogP) is 3.40. The number of carbonyl (C=O) groups excluding carboxylic acids is 1. The fraction of sp³-hybridized carbons (Fsp3) is 0. The smallest absolute Gasteiger partial charge is 0.194 e. The summed E-state index contributed by atoms with van der Waals surface area (Å²) in [6.07, 6.45) is 0. The van der Waals surface area contributed by atoms with E-state index in [1.807, 2.05) is 0 Å². The van der Waals surface area contributed by atoms with Gasteiger partial charge in [-0.1, -0.05) is 6.07 Å². The van der Waals surface area contributed by atoms with E-state index >= 15 is 0 Å². The van der Waals surface area contributed by atoms with Crippen LogP contribution in [-0.2, 0) is 0 Å². The molecular formula is C13H9BrFNO. The minimum atomic E-state index is -0.453. The van der Waals surface area contributed by atoms with Gasteiger partial charge in [-0.2, -0.15) is 0 Å². The summed E-state index contributed by atoms with van der Waals surface area (Å²) in [6.45, 7) is 0. The largest absolute Gasteiger partial charge is 0.399 e. The van der Waals surface area contributed by atoms with E-state index in [1.54, 1.807) is 30.3 Å². The third-order valence-electron chi connectivity index (χ3n) is 2.37. The van der Waals surface area contributed by atoms with Crippen LogP contribution in [0, 0.1) is 5.82 Å². The second-order valence-corrected chi connectivity index (χ2v) is 4.35. The van der Waals surface area contributed by atoms with Gasteiger partial charge < -0.3 is 5.73 Å². The topological polar surface area (TPSA) is 43.1 Å². The van der Waals surface area contributed by atoms with Gasteiger partial charge in [-0.05, 0) is 52.3 Å². The zero-order chi connectivity index (χ0) is 12.4. The van der Waals surface area contributed by atoms with Crippen molar-refractivity contribution in [2.75, 3.05) is 5.73 Å².